The lowest BCUT2D eigenvalue weighted by atomic mass is 10.2. The number of aromatic nitrogens is 3. The number of para-hydroxylation sites is 1. The first-order chi connectivity index (χ1) is 8.65. The summed E-state index contributed by atoms with van der Waals surface area (Å²) in [5, 5.41) is 4.10. The van der Waals surface area contributed by atoms with E-state index in [1.165, 1.54) is 0 Å². The molecule has 0 radical (unpaired) electrons. The van der Waals surface area contributed by atoms with E-state index in [1.807, 2.05) is 38.4 Å². The number of rotatable bonds is 2. The van der Waals surface area contributed by atoms with Gasteiger partial charge in [0.1, 0.15) is 11.6 Å². The van der Waals surface area contributed by atoms with Gasteiger partial charge in [0.05, 0.1) is 6.20 Å². The van der Waals surface area contributed by atoms with Crippen LogP contribution in [0.15, 0.2) is 35.0 Å². The Kier molecular flexibility index (Phi) is 2.41. The number of nitrogens with two attached hydrogens (primary N) is 1. The molecule has 18 heavy (non-hydrogen) atoms. The van der Waals surface area contributed by atoms with Gasteiger partial charge in [0.25, 0.3) is 0 Å². The van der Waals surface area contributed by atoms with Crippen molar-refractivity contribution < 1.29 is 4.42 Å². The van der Waals surface area contributed by atoms with Crippen LogP contribution in [0.2, 0.25) is 0 Å². The minimum atomic E-state index is -0.384. The SMILES string of the molecule is Cc1cccc2nc(C(N)c3cnn(C)c3)oc12. The van der Waals surface area contributed by atoms with Crippen LogP contribution in [0, 0.1) is 6.92 Å². The summed E-state index contributed by atoms with van der Waals surface area (Å²) in [7, 11) is 1.85. The summed E-state index contributed by atoms with van der Waals surface area (Å²) in [6, 6.07) is 5.49. The molecule has 0 bridgehead atoms. The van der Waals surface area contributed by atoms with Crippen molar-refractivity contribution in [2.24, 2.45) is 12.8 Å². The Hall–Kier alpha value is -2.14. The van der Waals surface area contributed by atoms with E-state index in [-0.39, 0.29) is 6.04 Å². The first-order valence-corrected chi connectivity index (χ1v) is 5.75. The molecular formula is C13H14N4O. The van der Waals surface area contributed by atoms with Crippen molar-refractivity contribution in [1.29, 1.82) is 0 Å². The number of benzene rings is 1. The van der Waals surface area contributed by atoms with E-state index in [2.05, 4.69) is 10.1 Å². The third-order valence-corrected chi connectivity index (χ3v) is 2.98. The highest BCUT2D eigenvalue weighted by molar-refractivity contribution is 5.76. The van der Waals surface area contributed by atoms with Crippen LogP contribution in [0.5, 0.6) is 0 Å². The average molecular weight is 242 g/mol. The summed E-state index contributed by atoms with van der Waals surface area (Å²) in [6.07, 6.45) is 3.60. The highest BCUT2D eigenvalue weighted by atomic mass is 16.3. The smallest absolute Gasteiger partial charge is 0.217 e. The van der Waals surface area contributed by atoms with E-state index in [4.69, 9.17) is 10.2 Å². The standard InChI is InChI=1S/C13H14N4O/c1-8-4-3-5-10-12(8)18-13(16-10)11(14)9-6-15-17(2)7-9/h3-7,11H,14H2,1-2H3. The molecule has 2 N–H and O–H groups in total. The summed E-state index contributed by atoms with van der Waals surface area (Å²) in [5.74, 6) is 0.521. The van der Waals surface area contributed by atoms with E-state index in [9.17, 15) is 0 Å². The van der Waals surface area contributed by atoms with Gasteiger partial charge in [0.15, 0.2) is 5.58 Å². The topological polar surface area (TPSA) is 69.9 Å². The van der Waals surface area contributed by atoms with E-state index >= 15 is 0 Å². The Bertz CT molecular complexity index is 698. The second-order valence-electron chi connectivity index (χ2n) is 4.40. The van der Waals surface area contributed by atoms with Crippen LogP contribution in [0.3, 0.4) is 0 Å². The molecule has 0 saturated carbocycles. The van der Waals surface area contributed by atoms with Gasteiger partial charge in [-0.1, -0.05) is 12.1 Å². The fraction of sp³-hybridized carbons (Fsp3) is 0.231. The molecule has 1 atom stereocenters. The van der Waals surface area contributed by atoms with Crippen molar-refractivity contribution >= 4 is 11.1 Å². The van der Waals surface area contributed by atoms with Crippen LogP contribution in [-0.4, -0.2) is 14.8 Å². The average Bonchev–Trinajstić information content (AvgIpc) is 2.95. The summed E-state index contributed by atoms with van der Waals surface area (Å²) < 4.78 is 7.46. The normalized spacial score (nSPS) is 13.1. The highest BCUT2D eigenvalue weighted by Crippen LogP contribution is 2.25. The van der Waals surface area contributed by atoms with Gasteiger partial charge in [-0.25, -0.2) is 4.98 Å². The second kappa shape index (κ2) is 3.96. The lowest BCUT2D eigenvalue weighted by Crippen LogP contribution is -2.11. The van der Waals surface area contributed by atoms with Crippen molar-refractivity contribution in [2.45, 2.75) is 13.0 Å². The number of hydrogen-bond donors (Lipinski definition) is 1. The van der Waals surface area contributed by atoms with Gasteiger partial charge >= 0.3 is 0 Å². The summed E-state index contributed by atoms with van der Waals surface area (Å²) >= 11 is 0. The molecule has 5 heteroatoms. The molecule has 5 nitrogen and oxygen atoms in total. The molecule has 2 aromatic heterocycles. The molecule has 0 aliphatic rings. The first-order valence-electron chi connectivity index (χ1n) is 5.75. The van der Waals surface area contributed by atoms with Gasteiger partial charge < -0.3 is 10.2 Å². The molecule has 0 aliphatic heterocycles. The molecule has 0 spiro atoms. The van der Waals surface area contributed by atoms with Crippen molar-refractivity contribution in [1.82, 2.24) is 14.8 Å². The fourth-order valence-corrected chi connectivity index (χ4v) is 1.98. The zero-order chi connectivity index (χ0) is 12.7. The van der Waals surface area contributed by atoms with Crippen LogP contribution >= 0.6 is 0 Å². The number of aryl methyl sites for hydroxylation is 2. The van der Waals surface area contributed by atoms with Gasteiger partial charge in [-0.3, -0.25) is 4.68 Å². The first kappa shape index (κ1) is 11.0. The molecular weight excluding hydrogens is 228 g/mol. The molecule has 0 saturated heterocycles. The molecule has 3 aromatic rings. The van der Waals surface area contributed by atoms with Crippen LogP contribution in [-0.2, 0) is 7.05 Å². The van der Waals surface area contributed by atoms with Gasteiger partial charge in [0, 0.05) is 18.8 Å². The monoisotopic (exact) mass is 242 g/mol. The number of fused-ring (bicyclic) bond motifs is 1. The number of nitrogens with zero attached hydrogens (tertiary/aromatic N) is 3. The number of oxazole rings is 1. The van der Waals surface area contributed by atoms with Crippen LogP contribution in [0.4, 0.5) is 0 Å². The fourth-order valence-electron chi connectivity index (χ4n) is 1.98. The predicted octanol–water partition coefficient (Wildman–Crippen LogP) is 1.92. The van der Waals surface area contributed by atoms with E-state index < -0.39 is 0 Å². The molecule has 1 unspecified atom stereocenters. The van der Waals surface area contributed by atoms with Crippen molar-refractivity contribution in [3.05, 3.63) is 47.6 Å². The van der Waals surface area contributed by atoms with Crippen molar-refractivity contribution in [2.75, 3.05) is 0 Å². The van der Waals surface area contributed by atoms with Gasteiger partial charge in [-0.2, -0.15) is 5.10 Å². The highest BCUT2D eigenvalue weighted by Gasteiger charge is 2.17. The minimum Gasteiger partial charge on any atom is -0.438 e. The minimum absolute atomic E-state index is 0.384. The maximum absolute atomic E-state index is 6.13. The van der Waals surface area contributed by atoms with Crippen LogP contribution < -0.4 is 5.73 Å². The molecule has 0 amide bonds. The third-order valence-electron chi connectivity index (χ3n) is 2.98. The lowest BCUT2D eigenvalue weighted by Gasteiger charge is -2.02. The molecule has 3 rings (SSSR count). The van der Waals surface area contributed by atoms with E-state index in [0.717, 1.165) is 22.2 Å². The Balaban J connectivity index is 2.06. The molecule has 0 fully saturated rings. The summed E-state index contributed by atoms with van der Waals surface area (Å²) in [6.45, 7) is 1.99. The Morgan fingerprint density at radius 3 is 2.89 bits per heavy atom. The Morgan fingerprint density at radius 2 is 2.22 bits per heavy atom. The van der Waals surface area contributed by atoms with Gasteiger partial charge in [-0.05, 0) is 18.6 Å². The van der Waals surface area contributed by atoms with Gasteiger partial charge in [-0.15, -0.1) is 0 Å². The largest absolute Gasteiger partial charge is 0.438 e. The summed E-state index contributed by atoms with van der Waals surface area (Å²) in [4.78, 5) is 4.43. The van der Waals surface area contributed by atoms with Crippen molar-refractivity contribution in [3.63, 3.8) is 0 Å². The summed E-state index contributed by atoms with van der Waals surface area (Å²) in [5.41, 5.74) is 9.72. The quantitative estimate of drug-likeness (QED) is 0.745. The lowest BCUT2D eigenvalue weighted by molar-refractivity contribution is 0.503. The predicted molar refractivity (Wildman–Crippen MR) is 68.0 cm³/mol. The zero-order valence-electron chi connectivity index (χ0n) is 10.3. The molecule has 1 aromatic carbocycles. The van der Waals surface area contributed by atoms with E-state index in [0.29, 0.717) is 5.89 Å². The maximum Gasteiger partial charge on any atom is 0.217 e. The maximum atomic E-state index is 6.13. The van der Waals surface area contributed by atoms with Crippen LogP contribution in [0.25, 0.3) is 11.1 Å². The molecule has 0 aliphatic carbocycles. The molecule has 2 heterocycles. The van der Waals surface area contributed by atoms with Crippen molar-refractivity contribution in [3.8, 4) is 0 Å². The Morgan fingerprint density at radius 1 is 1.39 bits per heavy atom. The second-order valence-corrected chi connectivity index (χ2v) is 4.40. The Labute approximate surface area is 104 Å². The molecule has 92 valence electrons. The van der Waals surface area contributed by atoms with Crippen LogP contribution in [0.1, 0.15) is 23.1 Å². The third kappa shape index (κ3) is 1.69. The number of hydrogen-bond acceptors (Lipinski definition) is 4. The zero-order valence-corrected chi connectivity index (χ0v) is 10.3. The van der Waals surface area contributed by atoms with Gasteiger partial charge in [0.2, 0.25) is 5.89 Å². The van der Waals surface area contributed by atoms with E-state index in [1.54, 1.807) is 10.9 Å².